The monoisotopic (exact) mass is 387 g/mol. The number of halogens is 3. The molecule has 0 aliphatic heterocycles. The molecule has 1 aromatic heterocycles. The second-order valence-corrected chi connectivity index (χ2v) is 5.88. The number of hydrogen-bond acceptors (Lipinski definition) is 4. The predicted molar refractivity (Wildman–Crippen MR) is 97.3 cm³/mol. The molecule has 5 nitrogen and oxygen atoms in total. The van der Waals surface area contributed by atoms with Gasteiger partial charge in [0.1, 0.15) is 6.61 Å². The zero-order valence-corrected chi connectivity index (χ0v) is 14.6. The van der Waals surface area contributed by atoms with Crippen molar-refractivity contribution in [3.8, 4) is 11.3 Å². The first-order chi connectivity index (χ1) is 13.4. The van der Waals surface area contributed by atoms with E-state index < -0.39 is 24.8 Å². The Hall–Kier alpha value is -3.26. The maximum absolute atomic E-state index is 12.5. The van der Waals surface area contributed by atoms with Crippen LogP contribution in [0.1, 0.15) is 11.7 Å². The van der Waals surface area contributed by atoms with Crippen molar-refractivity contribution in [3.05, 3.63) is 78.4 Å². The van der Waals surface area contributed by atoms with Crippen LogP contribution < -0.4 is 5.32 Å². The van der Waals surface area contributed by atoms with Crippen LogP contribution in [-0.4, -0.2) is 28.9 Å². The average molecular weight is 387 g/mol. The fourth-order valence-corrected chi connectivity index (χ4v) is 2.48. The van der Waals surface area contributed by atoms with Gasteiger partial charge in [0.25, 0.3) is 5.91 Å². The van der Waals surface area contributed by atoms with Crippen LogP contribution in [-0.2, 0) is 9.53 Å². The van der Waals surface area contributed by atoms with Gasteiger partial charge in [0.15, 0.2) is 11.9 Å². The fraction of sp³-hybridized carbons (Fsp3) is 0.150. The van der Waals surface area contributed by atoms with Crippen LogP contribution in [0.4, 0.5) is 19.0 Å². The van der Waals surface area contributed by atoms with Crippen LogP contribution in [0, 0.1) is 0 Å². The Balaban J connectivity index is 1.74. The Kier molecular flexibility index (Phi) is 6.00. The molecule has 28 heavy (non-hydrogen) atoms. The lowest BCUT2D eigenvalue weighted by atomic mass is 10.1. The number of benzene rings is 2. The maximum Gasteiger partial charge on any atom is 0.411 e. The number of nitrogens with zero attached hydrogens (tertiary/aromatic N) is 2. The van der Waals surface area contributed by atoms with E-state index in [9.17, 15) is 18.0 Å². The molecule has 0 spiro atoms. The molecular weight excluding hydrogens is 371 g/mol. The molecule has 0 bridgehead atoms. The Bertz CT molecular complexity index is 901. The maximum atomic E-state index is 12.5. The molecule has 0 aliphatic carbocycles. The largest absolute Gasteiger partial charge is 0.411 e. The van der Waals surface area contributed by atoms with Gasteiger partial charge in [-0.1, -0.05) is 60.7 Å². The van der Waals surface area contributed by atoms with Crippen LogP contribution in [0.3, 0.4) is 0 Å². The summed E-state index contributed by atoms with van der Waals surface area (Å²) in [6.45, 7) is -1.54. The van der Waals surface area contributed by atoms with Crippen LogP contribution >= 0.6 is 0 Å². The Morgan fingerprint density at radius 2 is 1.57 bits per heavy atom. The van der Waals surface area contributed by atoms with Gasteiger partial charge in [-0.3, -0.25) is 4.79 Å². The molecule has 3 rings (SSSR count). The molecule has 1 atom stereocenters. The van der Waals surface area contributed by atoms with Crippen LogP contribution in [0.15, 0.2) is 72.8 Å². The number of rotatable bonds is 6. The first-order valence-electron chi connectivity index (χ1n) is 8.36. The van der Waals surface area contributed by atoms with Crippen molar-refractivity contribution in [1.29, 1.82) is 0 Å². The lowest BCUT2D eigenvalue weighted by Gasteiger charge is -2.18. The third-order valence-corrected chi connectivity index (χ3v) is 3.74. The first-order valence-corrected chi connectivity index (χ1v) is 8.36. The lowest BCUT2D eigenvalue weighted by molar-refractivity contribution is -0.187. The molecule has 3 aromatic rings. The van der Waals surface area contributed by atoms with E-state index in [1.54, 1.807) is 24.3 Å². The van der Waals surface area contributed by atoms with Crippen molar-refractivity contribution in [3.63, 3.8) is 0 Å². The number of carbonyl (C=O) groups is 1. The van der Waals surface area contributed by atoms with E-state index in [1.165, 1.54) is 18.2 Å². The summed E-state index contributed by atoms with van der Waals surface area (Å²) in [5, 5.41) is 10.4. The second kappa shape index (κ2) is 8.62. The van der Waals surface area contributed by atoms with Gasteiger partial charge in [-0.25, -0.2) is 0 Å². The Morgan fingerprint density at radius 3 is 2.14 bits per heavy atom. The lowest BCUT2D eigenvalue weighted by Crippen LogP contribution is -2.28. The summed E-state index contributed by atoms with van der Waals surface area (Å²) in [5.74, 6) is -0.654. The highest BCUT2D eigenvalue weighted by Gasteiger charge is 2.32. The minimum atomic E-state index is -4.55. The average Bonchev–Trinajstić information content (AvgIpc) is 2.69. The van der Waals surface area contributed by atoms with E-state index in [2.05, 4.69) is 15.5 Å². The molecule has 8 heteroatoms. The van der Waals surface area contributed by atoms with Gasteiger partial charge in [-0.2, -0.15) is 13.2 Å². The molecule has 1 amide bonds. The number of anilines is 1. The topological polar surface area (TPSA) is 64.1 Å². The molecular formula is C20H16F3N3O2. The summed E-state index contributed by atoms with van der Waals surface area (Å²) in [6.07, 6.45) is -5.98. The molecule has 0 radical (unpaired) electrons. The summed E-state index contributed by atoms with van der Waals surface area (Å²) in [7, 11) is 0. The van der Waals surface area contributed by atoms with Crippen molar-refractivity contribution in [1.82, 2.24) is 10.2 Å². The highest BCUT2D eigenvalue weighted by Crippen LogP contribution is 2.24. The quantitative estimate of drug-likeness (QED) is 0.681. The molecule has 1 N–H and O–H groups in total. The number of nitrogens with one attached hydrogen (secondary N) is 1. The summed E-state index contributed by atoms with van der Waals surface area (Å²) < 4.78 is 42.5. The molecule has 0 fully saturated rings. The highest BCUT2D eigenvalue weighted by atomic mass is 19.4. The van der Waals surface area contributed by atoms with Crippen molar-refractivity contribution in [2.24, 2.45) is 0 Å². The minimum absolute atomic E-state index is 0.112. The Labute approximate surface area is 159 Å². The SMILES string of the molecule is O=C(Nc1ccc(-c2ccccc2)nn1)C(OCC(F)(F)F)c1ccccc1. The van der Waals surface area contributed by atoms with Crippen molar-refractivity contribution in [2.45, 2.75) is 12.3 Å². The number of aromatic nitrogens is 2. The van der Waals surface area contributed by atoms with Gasteiger partial charge >= 0.3 is 6.18 Å². The van der Waals surface area contributed by atoms with Gasteiger partial charge in [-0.05, 0) is 17.7 Å². The normalized spacial score (nSPS) is 12.4. The number of alkyl halides is 3. The molecule has 1 heterocycles. The number of carbonyl (C=O) groups excluding carboxylic acids is 1. The zero-order chi connectivity index (χ0) is 20.0. The third-order valence-electron chi connectivity index (χ3n) is 3.74. The van der Waals surface area contributed by atoms with Gasteiger partial charge < -0.3 is 10.1 Å². The zero-order valence-electron chi connectivity index (χ0n) is 14.6. The van der Waals surface area contributed by atoms with Crippen molar-refractivity contribution < 1.29 is 22.7 Å². The first kappa shape index (κ1) is 19.5. The third kappa shape index (κ3) is 5.37. The predicted octanol–water partition coefficient (Wildman–Crippen LogP) is 4.40. The molecule has 0 saturated heterocycles. The summed E-state index contributed by atoms with van der Waals surface area (Å²) in [6, 6.07) is 20.4. The van der Waals surface area contributed by atoms with E-state index in [4.69, 9.17) is 4.74 Å². The second-order valence-electron chi connectivity index (χ2n) is 5.88. The molecule has 144 valence electrons. The van der Waals surface area contributed by atoms with Gasteiger partial charge in [0.2, 0.25) is 0 Å². The molecule has 0 saturated carbocycles. The van der Waals surface area contributed by atoms with Crippen LogP contribution in [0.2, 0.25) is 0 Å². The Morgan fingerprint density at radius 1 is 0.929 bits per heavy atom. The van der Waals surface area contributed by atoms with E-state index in [1.807, 2.05) is 30.3 Å². The smallest absolute Gasteiger partial charge is 0.354 e. The van der Waals surface area contributed by atoms with Crippen molar-refractivity contribution >= 4 is 11.7 Å². The minimum Gasteiger partial charge on any atom is -0.354 e. The summed E-state index contributed by atoms with van der Waals surface area (Å²) in [4.78, 5) is 12.5. The van der Waals surface area contributed by atoms with E-state index in [0.29, 0.717) is 11.3 Å². The van der Waals surface area contributed by atoms with Crippen LogP contribution in [0.25, 0.3) is 11.3 Å². The number of hydrogen-bond donors (Lipinski definition) is 1. The number of ether oxygens (including phenoxy) is 1. The van der Waals surface area contributed by atoms with Gasteiger partial charge in [0.05, 0.1) is 5.69 Å². The van der Waals surface area contributed by atoms with E-state index >= 15 is 0 Å². The number of amides is 1. The van der Waals surface area contributed by atoms with E-state index in [0.717, 1.165) is 5.56 Å². The fourth-order valence-electron chi connectivity index (χ4n) is 2.48. The van der Waals surface area contributed by atoms with Gasteiger partial charge in [-0.15, -0.1) is 10.2 Å². The highest BCUT2D eigenvalue weighted by molar-refractivity contribution is 5.94. The summed E-state index contributed by atoms with van der Waals surface area (Å²) >= 11 is 0. The van der Waals surface area contributed by atoms with Gasteiger partial charge in [0, 0.05) is 5.56 Å². The molecule has 2 aromatic carbocycles. The molecule has 0 aliphatic rings. The van der Waals surface area contributed by atoms with Crippen LogP contribution in [0.5, 0.6) is 0 Å². The molecule has 1 unspecified atom stereocenters. The standard InChI is InChI=1S/C20H16F3N3O2/c21-20(22,23)13-28-18(15-9-5-2-6-10-15)19(27)24-17-12-11-16(25-26-17)14-7-3-1-4-8-14/h1-12,18H,13H2,(H,24,26,27). The van der Waals surface area contributed by atoms with Crippen molar-refractivity contribution in [2.75, 3.05) is 11.9 Å². The summed E-state index contributed by atoms with van der Waals surface area (Å²) in [5.41, 5.74) is 1.76. The van der Waals surface area contributed by atoms with E-state index in [-0.39, 0.29) is 5.82 Å².